The van der Waals surface area contributed by atoms with Crippen LogP contribution in [0.1, 0.15) is 16.7 Å². The number of nitrogens with zero attached hydrogens (tertiary/aromatic N) is 3. The van der Waals surface area contributed by atoms with Crippen LogP contribution in [0.2, 0.25) is 0 Å². The molecular formula is C24H32N4O. The molecule has 2 aliphatic rings. The first-order valence-electron chi connectivity index (χ1n) is 10.5. The molecule has 1 N–H and O–H groups in total. The highest BCUT2D eigenvalue weighted by atomic mass is 16.5. The molecule has 0 bridgehead atoms. The molecule has 0 aliphatic carbocycles. The molecule has 0 saturated carbocycles. The Morgan fingerprint density at radius 3 is 2.62 bits per heavy atom. The number of anilines is 2. The second kappa shape index (κ2) is 8.89. The zero-order chi connectivity index (χ0) is 20.2. The summed E-state index contributed by atoms with van der Waals surface area (Å²) in [6.45, 7) is 6.75. The minimum atomic E-state index is 0.858. The van der Waals surface area contributed by atoms with Crippen LogP contribution in [0.25, 0.3) is 11.8 Å². The fourth-order valence-corrected chi connectivity index (χ4v) is 3.90. The Kier molecular flexibility index (Phi) is 6.07. The van der Waals surface area contributed by atoms with Crippen molar-refractivity contribution in [2.75, 3.05) is 70.3 Å². The molecule has 0 unspecified atom stereocenters. The van der Waals surface area contributed by atoms with Gasteiger partial charge in [0.1, 0.15) is 0 Å². The third-order valence-electron chi connectivity index (χ3n) is 5.87. The van der Waals surface area contributed by atoms with Gasteiger partial charge in [0, 0.05) is 70.9 Å². The first-order valence-corrected chi connectivity index (χ1v) is 10.5. The van der Waals surface area contributed by atoms with Gasteiger partial charge in [-0.3, -0.25) is 4.90 Å². The summed E-state index contributed by atoms with van der Waals surface area (Å²) in [7, 11) is 6.35. The molecule has 2 aliphatic heterocycles. The van der Waals surface area contributed by atoms with Crippen LogP contribution < -0.4 is 15.1 Å². The number of fused-ring (bicyclic) bond motifs is 1. The molecule has 154 valence electrons. The van der Waals surface area contributed by atoms with E-state index in [2.05, 4.69) is 89.7 Å². The van der Waals surface area contributed by atoms with E-state index < -0.39 is 0 Å². The van der Waals surface area contributed by atoms with Crippen molar-refractivity contribution in [1.29, 1.82) is 0 Å². The molecule has 2 aromatic carbocycles. The Labute approximate surface area is 174 Å². The molecule has 0 aromatic heterocycles. The zero-order valence-corrected chi connectivity index (χ0v) is 17.8. The van der Waals surface area contributed by atoms with Gasteiger partial charge in [0.15, 0.2) is 0 Å². The zero-order valence-electron chi connectivity index (χ0n) is 17.8. The number of ether oxygens (including phenoxy) is 1. The number of hydrogen-bond donors (Lipinski definition) is 1. The summed E-state index contributed by atoms with van der Waals surface area (Å²) < 4.78 is 5.45. The van der Waals surface area contributed by atoms with E-state index in [1.54, 1.807) is 0 Å². The molecule has 4 rings (SSSR count). The summed E-state index contributed by atoms with van der Waals surface area (Å²) in [5.74, 6) is 0. The van der Waals surface area contributed by atoms with Gasteiger partial charge in [-0.05, 0) is 47.0 Å². The summed E-state index contributed by atoms with van der Waals surface area (Å²) in [5.41, 5.74) is 7.58. The summed E-state index contributed by atoms with van der Waals surface area (Å²) in [5, 5.41) is 3.61. The normalized spacial score (nSPS) is 16.6. The molecule has 2 aromatic rings. The molecule has 1 fully saturated rings. The maximum absolute atomic E-state index is 5.45. The molecule has 0 atom stereocenters. The van der Waals surface area contributed by atoms with Gasteiger partial charge in [-0.15, -0.1) is 0 Å². The van der Waals surface area contributed by atoms with Crippen molar-refractivity contribution in [2.45, 2.75) is 6.54 Å². The van der Waals surface area contributed by atoms with E-state index in [4.69, 9.17) is 4.74 Å². The summed E-state index contributed by atoms with van der Waals surface area (Å²) in [4.78, 5) is 6.98. The van der Waals surface area contributed by atoms with Gasteiger partial charge in [0.25, 0.3) is 0 Å². The van der Waals surface area contributed by atoms with Crippen molar-refractivity contribution in [2.24, 2.45) is 0 Å². The fourth-order valence-electron chi connectivity index (χ4n) is 3.90. The highest BCUT2D eigenvalue weighted by Crippen LogP contribution is 2.28. The second-order valence-electron chi connectivity index (χ2n) is 8.12. The number of hydrogen-bond acceptors (Lipinski definition) is 5. The van der Waals surface area contributed by atoms with Crippen LogP contribution in [-0.4, -0.2) is 65.4 Å². The fraction of sp³-hybridized carbons (Fsp3) is 0.417. The lowest BCUT2D eigenvalue weighted by atomic mass is 9.99. The van der Waals surface area contributed by atoms with Gasteiger partial charge in [-0.25, -0.2) is 0 Å². The predicted octanol–water partition coefficient (Wildman–Crippen LogP) is 3.12. The molecule has 5 heteroatoms. The van der Waals surface area contributed by atoms with Crippen LogP contribution in [0.15, 0.2) is 42.5 Å². The van der Waals surface area contributed by atoms with Gasteiger partial charge in [0.05, 0.1) is 13.2 Å². The Morgan fingerprint density at radius 2 is 1.83 bits per heavy atom. The summed E-state index contributed by atoms with van der Waals surface area (Å²) in [6, 6.07) is 15.5. The van der Waals surface area contributed by atoms with Crippen molar-refractivity contribution < 1.29 is 4.74 Å². The van der Waals surface area contributed by atoms with Crippen LogP contribution in [0.3, 0.4) is 0 Å². The highest BCUT2D eigenvalue weighted by molar-refractivity contribution is 5.84. The summed E-state index contributed by atoms with van der Waals surface area (Å²) >= 11 is 0. The molecule has 29 heavy (non-hydrogen) atoms. The number of nitrogens with one attached hydrogen (secondary N) is 1. The van der Waals surface area contributed by atoms with Gasteiger partial charge >= 0.3 is 0 Å². The van der Waals surface area contributed by atoms with E-state index in [9.17, 15) is 0 Å². The number of rotatable bonds is 6. The van der Waals surface area contributed by atoms with E-state index in [0.29, 0.717) is 0 Å². The van der Waals surface area contributed by atoms with Gasteiger partial charge in [-0.2, -0.15) is 0 Å². The minimum Gasteiger partial charge on any atom is -0.380 e. The highest BCUT2D eigenvalue weighted by Gasteiger charge is 2.14. The first-order chi connectivity index (χ1) is 14.1. The van der Waals surface area contributed by atoms with E-state index in [1.165, 1.54) is 33.8 Å². The van der Waals surface area contributed by atoms with Gasteiger partial charge in [0.2, 0.25) is 0 Å². The van der Waals surface area contributed by atoms with Crippen molar-refractivity contribution in [3.63, 3.8) is 0 Å². The SMILES string of the molecule is CN(C)c1ccc2c(c1)CNC(c1cccc(N(C)CCN3CCOCC3)c1)=C2. The van der Waals surface area contributed by atoms with Crippen LogP contribution in [-0.2, 0) is 11.3 Å². The minimum absolute atomic E-state index is 0.858. The lowest BCUT2D eigenvalue weighted by molar-refractivity contribution is 0.0393. The van der Waals surface area contributed by atoms with Crippen molar-refractivity contribution >= 4 is 23.1 Å². The second-order valence-corrected chi connectivity index (χ2v) is 8.12. The van der Waals surface area contributed by atoms with Crippen molar-refractivity contribution in [1.82, 2.24) is 10.2 Å². The van der Waals surface area contributed by atoms with Crippen molar-refractivity contribution in [3.05, 3.63) is 59.2 Å². The quantitative estimate of drug-likeness (QED) is 0.816. The van der Waals surface area contributed by atoms with E-state index >= 15 is 0 Å². The van der Waals surface area contributed by atoms with Gasteiger partial charge in [-0.1, -0.05) is 18.2 Å². The molecule has 0 radical (unpaired) electrons. The van der Waals surface area contributed by atoms with E-state index in [0.717, 1.165) is 45.9 Å². The van der Waals surface area contributed by atoms with Crippen molar-refractivity contribution in [3.8, 4) is 0 Å². The number of likely N-dealkylation sites (N-methyl/N-ethyl adjacent to an activating group) is 1. The molecule has 1 saturated heterocycles. The topological polar surface area (TPSA) is 31.0 Å². The Morgan fingerprint density at radius 1 is 1.00 bits per heavy atom. The number of benzene rings is 2. The third-order valence-corrected chi connectivity index (χ3v) is 5.87. The van der Waals surface area contributed by atoms with Crippen LogP contribution in [0.5, 0.6) is 0 Å². The Hall–Kier alpha value is -2.50. The molecular weight excluding hydrogens is 360 g/mol. The molecule has 5 nitrogen and oxygen atoms in total. The average Bonchev–Trinajstić information content (AvgIpc) is 2.77. The maximum atomic E-state index is 5.45. The monoisotopic (exact) mass is 392 g/mol. The Balaban J connectivity index is 1.46. The smallest absolute Gasteiger partial charge is 0.0594 e. The van der Waals surface area contributed by atoms with E-state index in [1.807, 2.05) is 0 Å². The van der Waals surface area contributed by atoms with Crippen LogP contribution in [0.4, 0.5) is 11.4 Å². The molecule has 0 amide bonds. The lowest BCUT2D eigenvalue weighted by Crippen LogP contribution is -2.40. The largest absolute Gasteiger partial charge is 0.380 e. The standard InChI is InChI=1S/C24H32N4O/c1-26(2)22-8-7-19-17-24(25-18-21(19)16-22)20-5-4-6-23(15-20)27(3)9-10-28-11-13-29-14-12-28/h4-8,15-17,25H,9-14,18H2,1-3H3. The van der Waals surface area contributed by atoms with E-state index in [-0.39, 0.29) is 0 Å². The maximum Gasteiger partial charge on any atom is 0.0594 e. The average molecular weight is 393 g/mol. The lowest BCUT2D eigenvalue weighted by Gasteiger charge is -2.29. The Bertz CT molecular complexity index is 871. The van der Waals surface area contributed by atoms with Crippen LogP contribution in [0, 0.1) is 0 Å². The third kappa shape index (κ3) is 4.74. The molecule has 0 spiro atoms. The number of morpholine rings is 1. The molecule has 2 heterocycles. The first kappa shape index (κ1) is 19.8. The predicted molar refractivity (Wildman–Crippen MR) is 122 cm³/mol. The summed E-state index contributed by atoms with van der Waals surface area (Å²) in [6.07, 6.45) is 2.27. The van der Waals surface area contributed by atoms with Gasteiger partial charge < -0.3 is 19.9 Å². The van der Waals surface area contributed by atoms with Crippen LogP contribution >= 0.6 is 0 Å².